The van der Waals surface area contributed by atoms with Crippen LogP contribution in [0.2, 0.25) is 0 Å². The summed E-state index contributed by atoms with van der Waals surface area (Å²) in [7, 11) is 0. The van der Waals surface area contributed by atoms with Gasteiger partial charge in [-0.2, -0.15) is 0 Å². The standard InChI is InChI=1S/C44H41N3O4/c1-4-43(2,3)41(48)50-31-30-45-42(49)51-36-28-26-35(27-29-36)44(34-20-12-7-13-21-34,39-24-14-22-37(46-39)32-16-8-5-9-17-32)40-25-15-23-38(47-40)33-18-10-6-11-19-33/h5-29H,4,30-31H2,1-3H3,(H,45,49). The number of esters is 1. The molecule has 6 rings (SSSR count). The Kier molecular flexibility index (Phi) is 10.7. The molecule has 0 radical (unpaired) electrons. The highest BCUT2D eigenvalue weighted by Gasteiger charge is 2.41. The molecule has 7 nitrogen and oxygen atoms in total. The van der Waals surface area contributed by atoms with Crippen molar-refractivity contribution in [3.63, 3.8) is 0 Å². The van der Waals surface area contributed by atoms with Crippen LogP contribution in [0.15, 0.2) is 152 Å². The quantitative estimate of drug-likeness (QED) is 0.103. The summed E-state index contributed by atoms with van der Waals surface area (Å²) in [6.45, 7) is 5.79. The summed E-state index contributed by atoms with van der Waals surface area (Å²) in [5, 5.41) is 2.66. The Morgan fingerprint density at radius 1 is 0.608 bits per heavy atom. The number of nitrogens with one attached hydrogen (secondary N) is 1. The van der Waals surface area contributed by atoms with E-state index in [9.17, 15) is 9.59 Å². The fraction of sp³-hybridized carbons (Fsp3) is 0.182. The van der Waals surface area contributed by atoms with Gasteiger partial charge < -0.3 is 14.8 Å². The van der Waals surface area contributed by atoms with E-state index >= 15 is 0 Å². The molecule has 0 unspecified atom stereocenters. The van der Waals surface area contributed by atoms with Gasteiger partial charge in [0, 0.05) is 11.1 Å². The molecule has 0 saturated heterocycles. The Hall–Kier alpha value is -6.08. The van der Waals surface area contributed by atoms with Gasteiger partial charge in [0.05, 0.1) is 34.7 Å². The molecule has 6 aromatic rings. The summed E-state index contributed by atoms with van der Waals surface area (Å²) in [5.41, 5.74) is 5.62. The average Bonchev–Trinajstić information content (AvgIpc) is 3.18. The van der Waals surface area contributed by atoms with E-state index in [1.54, 1.807) is 12.1 Å². The maximum absolute atomic E-state index is 12.7. The summed E-state index contributed by atoms with van der Waals surface area (Å²) in [5.74, 6) is 0.0598. The van der Waals surface area contributed by atoms with Crippen LogP contribution >= 0.6 is 0 Å². The van der Waals surface area contributed by atoms with Crippen LogP contribution in [-0.2, 0) is 14.9 Å². The highest BCUT2D eigenvalue weighted by Crippen LogP contribution is 2.45. The van der Waals surface area contributed by atoms with Gasteiger partial charge in [-0.3, -0.25) is 14.8 Å². The van der Waals surface area contributed by atoms with Crippen LogP contribution in [0.1, 0.15) is 49.7 Å². The third-order valence-corrected chi connectivity index (χ3v) is 9.15. The minimum absolute atomic E-state index is 0.0555. The van der Waals surface area contributed by atoms with Gasteiger partial charge in [0.25, 0.3) is 0 Å². The first-order valence-electron chi connectivity index (χ1n) is 17.2. The van der Waals surface area contributed by atoms with Crippen molar-refractivity contribution in [1.29, 1.82) is 0 Å². The molecule has 0 aliphatic carbocycles. The van der Waals surface area contributed by atoms with E-state index in [1.165, 1.54) is 0 Å². The van der Waals surface area contributed by atoms with Gasteiger partial charge in [0.1, 0.15) is 17.8 Å². The van der Waals surface area contributed by atoms with E-state index in [2.05, 4.69) is 41.7 Å². The van der Waals surface area contributed by atoms with Gasteiger partial charge >= 0.3 is 12.1 Å². The number of hydrogen-bond acceptors (Lipinski definition) is 6. The first kappa shape index (κ1) is 34.8. The van der Waals surface area contributed by atoms with Gasteiger partial charge in [0.15, 0.2) is 0 Å². The Labute approximate surface area is 299 Å². The van der Waals surface area contributed by atoms with Crippen molar-refractivity contribution in [1.82, 2.24) is 15.3 Å². The van der Waals surface area contributed by atoms with E-state index < -0.39 is 16.9 Å². The molecule has 4 aromatic carbocycles. The molecule has 2 aromatic heterocycles. The number of carbonyl (C=O) groups is 2. The Balaban J connectivity index is 1.39. The van der Waals surface area contributed by atoms with Gasteiger partial charge in [0.2, 0.25) is 0 Å². The maximum atomic E-state index is 12.7. The molecular weight excluding hydrogens is 635 g/mol. The molecule has 0 aliphatic heterocycles. The third kappa shape index (κ3) is 7.73. The fourth-order valence-corrected chi connectivity index (χ4v) is 5.96. The molecule has 0 fully saturated rings. The lowest BCUT2D eigenvalue weighted by atomic mass is 9.69. The Morgan fingerprint density at radius 3 is 1.61 bits per heavy atom. The summed E-state index contributed by atoms with van der Waals surface area (Å²) >= 11 is 0. The van der Waals surface area contributed by atoms with Crippen molar-refractivity contribution in [2.24, 2.45) is 5.41 Å². The van der Waals surface area contributed by atoms with Crippen LogP contribution in [0.3, 0.4) is 0 Å². The predicted octanol–water partition coefficient (Wildman–Crippen LogP) is 9.26. The zero-order valence-electron chi connectivity index (χ0n) is 29.1. The van der Waals surface area contributed by atoms with E-state index in [-0.39, 0.29) is 19.1 Å². The number of pyridine rings is 2. The molecule has 0 spiro atoms. The number of amides is 1. The number of benzene rings is 4. The van der Waals surface area contributed by atoms with Gasteiger partial charge in [-0.25, -0.2) is 4.79 Å². The molecule has 0 bridgehead atoms. The molecule has 256 valence electrons. The fourth-order valence-electron chi connectivity index (χ4n) is 5.96. The monoisotopic (exact) mass is 675 g/mol. The van der Waals surface area contributed by atoms with Crippen LogP contribution in [0.4, 0.5) is 4.79 Å². The van der Waals surface area contributed by atoms with Crippen LogP contribution < -0.4 is 10.1 Å². The van der Waals surface area contributed by atoms with Crippen molar-refractivity contribution < 1.29 is 19.1 Å². The molecule has 1 amide bonds. The molecule has 51 heavy (non-hydrogen) atoms. The largest absolute Gasteiger partial charge is 0.463 e. The minimum atomic E-state index is -0.951. The summed E-state index contributed by atoms with van der Waals surface area (Å²) in [6, 6.07) is 50.1. The Morgan fingerprint density at radius 2 is 1.10 bits per heavy atom. The second-order valence-electron chi connectivity index (χ2n) is 12.9. The smallest absolute Gasteiger partial charge is 0.412 e. The van der Waals surface area contributed by atoms with Gasteiger partial charge in [-0.05, 0) is 67.8 Å². The SMILES string of the molecule is CCC(C)(C)C(=O)OCCNC(=O)Oc1ccc(C(c2ccccc2)(c2cccc(-c3ccccc3)n2)c2cccc(-c3ccccc3)n2)cc1. The third-order valence-electron chi connectivity index (χ3n) is 9.15. The number of carbonyl (C=O) groups excluding carboxylic acids is 2. The first-order chi connectivity index (χ1) is 24.8. The van der Waals surface area contributed by atoms with E-state index in [1.807, 2.05) is 124 Å². The molecule has 1 N–H and O–H groups in total. The van der Waals surface area contributed by atoms with Crippen molar-refractivity contribution >= 4 is 12.1 Å². The highest BCUT2D eigenvalue weighted by molar-refractivity contribution is 5.76. The molecule has 2 heterocycles. The van der Waals surface area contributed by atoms with Gasteiger partial charge in [-0.15, -0.1) is 0 Å². The molecular formula is C44H41N3O4. The van der Waals surface area contributed by atoms with Crippen LogP contribution in [0, 0.1) is 5.41 Å². The topological polar surface area (TPSA) is 90.4 Å². The normalized spacial score (nSPS) is 11.4. The molecule has 7 heteroatoms. The van der Waals surface area contributed by atoms with Crippen LogP contribution in [0.25, 0.3) is 22.5 Å². The Bertz CT molecular complexity index is 1980. The minimum Gasteiger partial charge on any atom is -0.463 e. The van der Waals surface area contributed by atoms with E-state index in [0.29, 0.717) is 12.2 Å². The molecule has 0 atom stereocenters. The maximum Gasteiger partial charge on any atom is 0.412 e. The zero-order valence-corrected chi connectivity index (χ0v) is 29.1. The van der Waals surface area contributed by atoms with Crippen molar-refractivity contribution in [2.45, 2.75) is 32.6 Å². The number of aromatic nitrogens is 2. The number of hydrogen-bond donors (Lipinski definition) is 1. The molecule has 0 aliphatic rings. The zero-order chi connectivity index (χ0) is 35.7. The predicted molar refractivity (Wildman–Crippen MR) is 200 cm³/mol. The lowest BCUT2D eigenvalue weighted by Gasteiger charge is -2.35. The second kappa shape index (κ2) is 15.6. The number of rotatable bonds is 12. The van der Waals surface area contributed by atoms with Crippen molar-refractivity contribution in [3.8, 4) is 28.3 Å². The van der Waals surface area contributed by atoms with Crippen LogP contribution in [0.5, 0.6) is 5.75 Å². The highest BCUT2D eigenvalue weighted by atomic mass is 16.6. The number of nitrogens with zero attached hydrogens (tertiary/aromatic N) is 2. The van der Waals surface area contributed by atoms with Crippen molar-refractivity contribution in [2.75, 3.05) is 13.2 Å². The van der Waals surface area contributed by atoms with E-state index in [4.69, 9.17) is 19.4 Å². The second-order valence-corrected chi connectivity index (χ2v) is 12.9. The number of ether oxygens (including phenoxy) is 2. The molecule has 0 saturated carbocycles. The van der Waals surface area contributed by atoms with E-state index in [0.717, 1.165) is 45.0 Å². The van der Waals surface area contributed by atoms with Crippen LogP contribution in [-0.4, -0.2) is 35.2 Å². The summed E-state index contributed by atoms with van der Waals surface area (Å²) in [4.78, 5) is 35.6. The first-order valence-corrected chi connectivity index (χ1v) is 17.2. The summed E-state index contributed by atoms with van der Waals surface area (Å²) < 4.78 is 11.0. The van der Waals surface area contributed by atoms with Crippen molar-refractivity contribution in [3.05, 3.63) is 174 Å². The average molecular weight is 676 g/mol. The summed E-state index contributed by atoms with van der Waals surface area (Å²) in [6.07, 6.45) is 0.0173. The lowest BCUT2D eigenvalue weighted by molar-refractivity contribution is -0.153. The van der Waals surface area contributed by atoms with Gasteiger partial charge in [-0.1, -0.05) is 122 Å². The lowest BCUT2D eigenvalue weighted by Crippen LogP contribution is -2.34.